The summed E-state index contributed by atoms with van der Waals surface area (Å²) in [7, 11) is 1.91. The lowest BCUT2D eigenvalue weighted by molar-refractivity contribution is 0.451. The second kappa shape index (κ2) is 7.31. The normalized spacial score (nSPS) is 12.9. The molecule has 6 heteroatoms. The Morgan fingerprint density at radius 2 is 2.14 bits per heavy atom. The topological polar surface area (TPSA) is 42.7 Å². The van der Waals surface area contributed by atoms with Crippen molar-refractivity contribution in [3.05, 3.63) is 45.3 Å². The van der Waals surface area contributed by atoms with E-state index < -0.39 is 0 Å². The molecule has 1 aromatic heterocycles. The predicted molar refractivity (Wildman–Crippen MR) is 89.5 cm³/mol. The second-order valence-electron chi connectivity index (χ2n) is 5.46. The molecule has 21 heavy (non-hydrogen) atoms. The zero-order valence-electron chi connectivity index (χ0n) is 12.5. The first kappa shape index (κ1) is 16.4. The maximum atomic E-state index is 13.2. The molecule has 1 aromatic carbocycles. The molecule has 114 valence electrons. The van der Waals surface area contributed by atoms with Gasteiger partial charge < -0.3 is 5.32 Å². The van der Waals surface area contributed by atoms with Crippen LogP contribution in [0.2, 0.25) is 0 Å². The molecule has 2 aromatic rings. The number of likely N-dealkylation sites (N-methyl/N-ethyl adjacent to an activating group) is 1. The van der Waals surface area contributed by atoms with E-state index in [-0.39, 0.29) is 11.9 Å². The van der Waals surface area contributed by atoms with Crippen LogP contribution >= 0.6 is 22.6 Å². The average Bonchev–Trinajstić information content (AvgIpc) is 2.83. The molecule has 1 atom stereocenters. The van der Waals surface area contributed by atoms with Crippen molar-refractivity contribution in [3.63, 3.8) is 0 Å². The molecule has 0 radical (unpaired) electrons. The third-order valence-corrected chi connectivity index (χ3v) is 4.24. The van der Waals surface area contributed by atoms with Gasteiger partial charge in [0, 0.05) is 22.6 Å². The monoisotopic (exact) mass is 402 g/mol. The van der Waals surface area contributed by atoms with E-state index in [2.05, 4.69) is 51.8 Å². The third kappa shape index (κ3) is 4.23. The molecule has 0 amide bonds. The smallest absolute Gasteiger partial charge is 0.138 e. The standard InChI is InChI=1S/C15H20FIN4/c1-10(2)8-21-15(19-9-20-21)7-14(18-3)12-5-4-11(16)6-13(12)17/h4-6,9-10,14,18H,7-8H2,1-3H3. The summed E-state index contributed by atoms with van der Waals surface area (Å²) in [4.78, 5) is 4.37. The highest BCUT2D eigenvalue weighted by atomic mass is 127. The van der Waals surface area contributed by atoms with Crippen LogP contribution in [-0.2, 0) is 13.0 Å². The summed E-state index contributed by atoms with van der Waals surface area (Å²) in [6, 6.07) is 4.98. The highest BCUT2D eigenvalue weighted by Gasteiger charge is 2.17. The van der Waals surface area contributed by atoms with Crippen molar-refractivity contribution < 1.29 is 4.39 Å². The van der Waals surface area contributed by atoms with Gasteiger partial charge in [0.15, 0.2) is 0 Å². The molecule has 0 saturated heterocycles. The van der Waals surface area contributed by atoms with Gasteiger partial charge in [0.05, 0.1) is 0 Å². The lowest BCUT2D eigenvalue weighted by Crippen LogP contribution is -2.22. The predicted octanol–water partition coefficient (Wildman–Crippen LogP) is 3.18. The molecule has 0 aliphatic rings. The van der Waals surface area contributed by atoms with Crippen LogP contribution in [-0.4, -0.2) is 21.8 Å². The molecule has 0 spiro atoms. The van der Waals surface area contributed by atoms with E-state index in [1.54, 1.807) is 12.4 Å². The first-order valence-corrected chi connectivity index (χ1v) is 8.08. The van der Waals surface area contributed by atoms with Crippen molar-refractivity contribution in [2.24, 2.45) is 5.92 Å². The number of nitrogens with zero attached hydrogens (tertiary/aromatic N) is 3. The van der Waals surface area contributed by atoms with Gasteiger partial charge in [-0.25, -0.2) is 14.1 Å². The quantitative estimate of drug-likeness (QED) is 0.755. The summed E-state index contributed by atoms with van der Waals surface area (Å²) in [5, 5.41) is 7.58. The number of aromatic nitrogens is 3. The van der Waals surface area contributed by atoms with Gasteiger partial charge in [-0.05, 0) is 53.3 Å². The summed E-state index contributed by atoms with van der Waals surface area (Å²) < 4.78 is 16.1. The first-order valence-electron chi connectivity index (χ1n) is 7.00. The molecule has 0 aliphatic carbocycles. The molecule has 0 saturated carbocycles. The second-order valence-corrected chi connectivity index (χ2v) is 6.63. The lowest BCUT2D eigenvalue weighted by Gasteiger charge is -2.18. The van der Waals surface area contributed by atoms with Crippen molar-refractivity contribution >= 4 is 22.6 Å². The van der Waals surface area contributed by atoms with Gasteiger partial charge in [-0.15, -0.1) is 0 Å². The van der Waals surface area contributed by atoms with E-state index >= 15 is 0 Å². The Bertz CT molecular complexity index is 597. The summed E-state index contributed by atoms with van der Waals surface area (Å²) >= 11 is 2.17. The zero-order valence-corrected chi connectivity index (χ0v) is 14.6. The molecule has 1 unspecified atom stereocenters. The Morgan fingerprint density at radius 1 is 1.38 bits per heavy atom. The molecule has 1 N–H and O–H groups in total. The van der Waals surface area contributed by atoms with Gasteiger partial charge in [0.1, 0.15) is 18.0 Å². The van der Waals surface area contributed by atoms with Crippen LogP contribution in [0.4, 0.5) is 4.39 Å². The van der Waals surface area contributed by atoms with Crippen LogP contribution < -0.4 is 5.32 Å². The fraction of sp³-hybridized carbons (Fsp3) is 0.467. The minimum Gasteiger partial charge on any atom is -0.313 e. The van der Waals surface area contributed by atoms with Crippen molar-refractivity contribution in [3.8, 4) is 0 Å². The zero-order chi connectivity index (χ0) is 15.4. The van der Waals surface area contributed by atoms with Crippen molar-refractivity contribution in [1.29, 1.82) is 0 Å². The minimum absolute atomic E-state index is 0.0904. The average molecular weight is 402 g/mol. The number of halogens is 2. The van der Waals surface area contributed by atoms with E-state index in [4.69, 9.17) is 0 Å². The fourth-order valence-electron chi connectivity index (χ4n) is 2.28. The fourth-order valence-corrected chi connectivity index (χ4v) is 3.13. The van der Waals surface area contributed by atoms with Crippen LogP contribution in [0.25, 0.3) is 0 Å². The van der Waals surface area contributed by atoms with Crippen molar-refractivity contribution in [2.75, 3.05) is 7.05 Å². The van der Waals surface area contributed by atoms with Gasteiger partial charge in [-0.2, -0.15) is 5.10 Å². The van der Waals surface area contributed by atoms with Crippen LogP contribution in [0, 0.1) is 15.3 Å². The molecular formula is C15H20FIN4. The highest BCUT2D eigenvalue weighted by Crippen LogP contribution is 2.23. The van der Waals surface area contributed by atoms with Gasteiger partial charge in [0.2, 0.25) is 0 Å². The summed E-state index contributed by atoms with van der Waals surface area (Å²) in [6.07, 6.45) is 2.32. The number of nitrogens with one attached hydrogen (secondary N) is 1. The SMILES string of the molecule is CNC(Cc1ncnn1CC(C)C)c1ccc(F)cc1I. The van der Waals surface area contributed by atoms with Crippen LogP contribution in [0.3, 0.4) is 0 Å². The van der Waals surface area contributed by atoms with Crippen LogP contribution in [0.15, 0.2) is 24.5 Å². The van der Waals surface area contributed by atoms with Crippen molar-refractivity contribution in [1.82, 2.24) is 20.1 Å². The Kier molecular flexibility index (Phi) is 5.69. The Labute approximate surface area is 138 Å². The van der Waals surface area contributed by atoms with Gasteiger partial charge in [0.25, 0.3) is 0 Å². The largest absolute Gasteiger partial charge is 0.313 e. The number of hydrogen-bond acceptors (Lipinski definition) is 3. The molecule has 0 bridgehead atoms. The molecule has 0 aliphatic heterocycles. The van der Waals surface area contributed by atoms with E-state index in [0.717, 1.165) is 27.9 Å². The lowest BCUT2D eigenvalue weighted by atomic mass is 10.0. The van der Waals surface area contributed by atoms with E-state index in [1.165, 1.54) is 6.07 Å². The summed E-state index contributed by atoms with van der Waals surface area (Å²) in [5.41, 5.74) is 1.08. The summed E-state index contributed by atoms with van der Waals surface area (Å²) in [5.74, 6) is 1.26. The first-order chi connectivity index (χ1) is 10.0. The maximum Gasteiger partial charge on any atom is 0.138 e. The molecule has 0 fully saturated rings. The third-order valence-electron chi connectivity index (χ3n) is 3.31. The molecule has 2 rings (SSSR count). The van der Waals surface area contributed by atoms with Crippen LogP contribution in [0.5, 0.6) is 0 Å². The minimum atomic E-state index is -0.207. The van der Waals surface area contributed by atoms with Crippen LogP contribution in [0.1, 0.15) is 31.3 Å². The Hall–Kier alpha value is -1.02. The summed E-state index contributed by atoms with van der Waals surface area (Å²) in [6.45, 7) is 5.17. The van der Waals surface area contributed by atoms with E-state index in [1.807, 2.05) is 17.8 Å². The molecule has 4 nitrogen and oxygen atoms in total. The highest BCUT2D eigenvalue weighted by molar-refractivity contribution is 14.1. The number of hydrogen-bond donors (Lipinski definition) is 1. The molecular weight excluding hydrogens is 382 g/mol. The van der Waals surface area contributed by atoms with E-state index in [9.17, 15) is 4.39 Å². The van der Waals surface area contributed by atoms with Gasteiger partial charge in [-0.3, -0.25) is 0 Å². The number of benzene rings is 1. The number of rotatable bonds is 6. The van der Waals surface area contributed by atoms with Gasteiger partial charge in [-0.1, -0.05) is 19.9 Å². The van der Waals surface area contributed by atoms with Crippen molar-refractivity contribution in [2.45, 2.75) is 32.9 Å². The Morgan fingerprint density at radius 3 is 2.76 bits per heavy atom. The maximum absolute atomic E-state index is 13.2. The molecule has 1 heterocycles. The van der Waals surface area contributed by atoms with E-state index in [0.29, 0.717) is 5.92 Å². The van der Waals surface area contributed by atoms with Gasteiger partial charge >= 0.3 is 0 Å². The Balaban J connectivity index is 2.21.